The van der Waals surface area contributed by atoms with Gasteiger partial charge in [-0.25, -0.2) is 4.79 Å². The Hall–Kier alpha value is -3.85. The third-order valence-electron chi connectivity index (χ3n) is 7.09. The molecule has 2 saturated heterocycles. The Morgan fingerprint density at radius 1 is 1.00 bits per heavy atom. The summed E-state index contributed by atoms with van der Waals surface area (Å²) in [6.07, 6.45) is -5.69. The highest BCUT2D eigenvalue weighted by Gasteiger charge is 2.32. The molecule has 0 spiro atoms. The molecule has 0 atom stereocenters. The second-order valence-corrected chi connectivity index (χ2v) is 9.77. The number of halogens is 5. The third kappa shape index (κ3) is 5.18. The van der Waals surface area contributed by atoms with E-state index >= 15 is 0 Å². The molecular weight excluding hydrogens is 541 g/mol. The second-order valence-electron chi connectivity index (χ2n) is 9.77. The summed E-state index contributed by atoms with van der Waals surface area (Å²) in [6.45, 7) is 1.48. The Bertz CT molecular complexity index is 1550. The van der Waals surface area contributed by atoms with E-state index in [1.54, 1.807) is 21.3 Å². The molecule has 2 fully saturated rings. The van der Waals surface area contributed by atoms with Gasteiger partial charge in [-0.1, -0.05) is 0 Å². The number of fused-ring (bicyclic) bond motifs is 1. The van der Waals surface area contributed by atoms with Crippen LogP contribution in [0.3, 0.4) is 0 Å². The van der Waals surface area contributed by atoms with Crippen LogP contribution in [0, 0.1) is 0 Å². The number of anilines is 1. The first-order valence-electron chi connectivity index (χ1n) is 12.6. The van der Waals surface area contributed by atoms with E-state index in [0.29, 0.717) is 48.6 Å². The number of rotatable bonds is 7. The first kappa shape index (κ1) is 26.4. The SMILES string of the molecule is O=c1n(Cc2ccc(-c3nnc(C(F)F)o3)cn2)c2ccc(N3CCN(CC(F)(F)F)CC3)cc2n1C1COC1. The van der Waals surface area contributed by atoms with Crippen molar-refractivity contribution in [3.8, 4) is 11.5 Å². The lowest BCUT2D eigenvalue weighted by molar-refractivity contribution is -0.146. The van der Waals surface area contributed by atoms with Crippen LogP contribution in [-0.2, 0) is 11.3 Å². The van der Waals surface area contributed by atoms with Crippen molar-refractivity contribution in [3.05, 3.63) is 58.6 Å². The molecule has 15 heteroatoms. The number of nitrogens with zero attached hydrogens (tertiary/aromatic N) is 7. The highest BCUT2D eigenvalue weighted by molar-refractivity contribution is 5.81. The number of pyridine rings is 1. The van der Waals surface area contributed by atoms with Crippen LogP contribution in [0.15, 0.2) is 45.7 Å². The van der Waals surface area contributed by atoms with E-state index in [1.807, 2.05) is 23.1 Å². The minimum atomic E-state index is -4.23. The van der Waals surface area contributed by atoms with Crippen LogP contribution in [0.2, 0.25) is 0 Å². The molecule has 4 aromatic rings. The Labute approximate surface area is 223 Å². The average molecular weight is 566 g/mol. The number of alkyl halides is 5. The van der Waals surface area contributed by atoms with Gasteiger partial charge in [0.25, 0.3) is 5.89 Å². The molecule has 2 aliphatic rings. The molecule has 0 amide bonds. The summed E-state index contributed by atoms with van der Waals surface area (Å²) < 4.78 is 77.4. The summed E-state index contributed by atoms with van der Waals surface area (Å²) in [5.41, 5.74) is 2.89. The molecule has 0 bridgehead atoms. The number of hydrogen-bond donors (Lipinski definition) is 0. The largest absolute Gasteiger partial charge is 0.415 e. The molecular formula is C25H24F5N7O3. The van der Waals surface area contributed by atoms with Crippen molar-refractivity contribution in [2.75, 3.05) is 50.8 Å². The topological polar surface area (TPSA) is 94.5 Å². The minimum absolute atomic E-state index is 0.0835. The summed E-state index contributed by atoms with van der Waals surface area (Å²) >= 11 is 0. The number of ether oxygens (including phenoxy) is 1. The van der Waals surface area contributed by atoms with Crippen molar-refractivity contribution in [1.29, 1.82) is 0 Å². The van der Waals surface area contributed by atoms with E-state index in [1.165, 1.54) is 11.1 Å². The van der Waals surface area contributed by atoms with Gasteiger partial charge >= 0.3 is 18.3 Å². The van der Waals surface area contributed by atoms with Gasteiger partial charge in [0.05, 0.1) is 54.6 Å². The Kier molecular flexibility index (Phi) is 6.78. The smallest absolute Gasteiger partial charge is 0.401 e. The van der Waals surface area contributed by atoms with Gasteiger partial charge in [-0.05, 0) is 30.3 Å². The fourth-order valence-corrected chi connectivity index (χ4v) is 5.01. The number of hydrogen-bond acceptors (Lipinski definition) is 8. The summed E-state index contributed by atoms with van der Waals surface area (Å²) in [5, 5.41) is 6.93. The van der Waals surface area contributed by atoms with Gasteiger partial charge in [0.15, 0.2) is 0 Å². The number of benzene rings is 1. The van der Waals surface area contributed by atoms with Crippen LogP contribution in [0.4, 0.5) is 27.6 Å². The van der Waals surface area contributed by atoms with Crippen molar-refractivity contribution in [1.82, 2.24) is 29.2 Å². The summed E-state index contributed by atoms with van der Waals surface area (Å²) in [4.78, 5) is 21.3. The first-order chi connectivity index (χ1) is 19.2. The summed E-state index contributed by atoms with van der Waals surface area (Å²) in [5.74, 6) is -0.860. The molecule has 1 aromatic carbocycles. The van der Waals surface area contributed by atoms with Crippen molar-refractivity contribution >= 4 is 16.7 Å². The van der Waals surface area contributed by atoms with Gasteiger partial charge in [0.1, 0.15) is 0 Å². The van der Waals surface area contributed by atoms with Crippen LogP contribution in [-0.4, -0.2) is 81.3 Å². The summed E-state index contributed by atoms with van der Waals surface area (Å²) in [6, 6.07) is 8.73. The molecule has 2 aliphatic heterocycles. The Morgan fingerprint density at radius 2 is 1.77 bits per heavy atom. The van der Waals surface area contributed by atoms with Crippen molar-refractivity contribution in [2.45, 2.75) is 25.2 Å². The quantitative estimate of drug-likeness (QED) is 0.315. The van der Waals surface area contributed by atoms with Gasteiger partial charge < -0.3 is 14.1 Å². The first-order valence-corrected chi connectivity index (χ1v) is 12.6. The van der Waals surface area contributed by atoms with E-state index in [-0.39, 0.29) is 37.3 Å². The fraction of sp³-hybridized carbons (Fsp3) is 0.440. The molecule has 0 saturated carbocycles. The van der Waals surface area contributed by atoms with Crippen molar-refractivity contribution < 1.29 is 31.1 Å². The van der Waals surface area contributed by atoms with Gasteiger partial charge in [0.2, 0.25) is 5.89 Å². The second kappa shape index (κ2) is 10.3. The number of imidazole rings is 1. The van der Waals surface area contributed by atoms with Crippen molar-refractivity contribution in [2.24, 2.45) is 0 Å². The number of piperazine rings is 1. The zero-order chi connectivity index (χ0) is 28.0. The molecule has 6 rings (SSSR count). The van der Waals surface area contributed by atoms with Crippen LogP contribution in [0.1, 0.15) is 24.1 Å². The van der Waals surface area contributed by atoms with Crippen molar-refractivity contribution in [3.63, 3.8) is 0 Å². The number of aromatic nitrogens is 5. The van der Waals surface area contributed by atoms with E-state index in [2.05, 4.69) is 15.2 Å². The van der Waals surface area contributed by atoms with E-state index in [9.17, 15) is 26.7 Å². The standard InChI is InChI=1S/C25H24F5N7O3/c26-21(27)23-33-32-22(40-23)15-1-2-16(31-10-15)11-36-19-4-3-17(9-20(19)37(24(36)38)18-12-39-13-18)35-7-5-34(6-8-35)14-25(28,29)30/h1-4,9-10,18,21H,5-8,11-14H2. The predicted molar refractivity (Wildman–Crippen MR) is 132 cm³/mol. The molecule has 5 heterocycles. The zero-order valence-corrected chi connectivity index (χ0v) is 21.0. The highest BCUT2D eigenvalue weighted by Crippen LogP contribution is 2.29. The molecule has 10 nitrogen and oxygen atoms in total. The summed E-state index contributed by atoms with van der Waals surface area (Å²) in [7, 11) is 0. The lowest BCUT2D eigenvalue weighted by atomic mass is 10.2. The maximum atomic E-state index is 13.6. The van der Waals surface area contributed by atoms with Gasteiger partial charge in [-0.2, -0.15) is 22.0 Å². The predicted octanol–water partition coefficient (Wildman–Crippen LogP) is 3.49. The monoisotopic (exact) mass is 565 g/mol. The Morgan fingerprint density at radius 3 is 2.38 bits per heavy atom. The van der Waals surface area contributed by atoms with Crippen LogP contribution in [0.25, 0.3) is 22.5 Å². The van der Waals surface area contributed by atoms with Gasteiger partial charge in [-0.3, -0.25) is 19.0 Å². The molecule has 0 unspecified atom stereocenters. The third-order valence-corrected chi connectivity index (χ3v) is 7.09. The lowest BCUT2D eigenvalue weighted by Crippen LogP contribution is -2.49. The van der Waals surface area contributed by atoms with Crippen LogP contribution < -0.4 is 10.6 Å². The maximum absolute atomic E-state index is 13.6. The van der Waals surface area contributed by atoms with E-state index in [0.717, 1.165) is 5.69 Å². The molecule has 40 heavy (non-hydrogen) atoms. The van der Waals surface area contributed by atoms with E-state index < -0.39 is 25.0 Å². The van der Waals surface area contributed by atoms with E-state index in [4.69, 9.17) is 9.15 Å². The van der Waals surface area contributed by atoms with Gasteiger partial charge in [0, 0.05) is 38.1 Å². The molecule has 3 aromatic heterocycles. The minimum Gasteiger partial charge on any atom is -0.415 e. The highest BCUT2D eigenvalue weighted by atomic mass is 19.4. The molecule has 0 aliphatic carbocycles. The van der Waals surface area contributed by atoms with Crippen LogP contribution >= 0.6 is 0 Å². The molecule has 0 N–H and O–H groups in total. The molecule has 0 radical (unpaired) electrons. The normalized spacial score (nSPS) is 17.2. The van der Waals surface area contributed by atoms with Crippen LogP contribution in [0.5, 0.6) is 0 Å². The van der Waals surface area contributed by atoms with Gasteiger partial charge in [-0.15, -0.1) is 10.2 Å². The Balaban J connectivity index is 1.26. The average Bonchev–Trinajstić information content (AvgIpc) is 3.48. The lowest BCUT2D eigenvalue weighted by Gasteiger charge is -2.36. The maximum Gasteiger partial charge on any atom is 0.401 e. The zero-order valence-electron chi connectivity index (χ0n) is 21.0. The fourth-order valence-electron chi connectivity index (χ4n) is 5.01. The molecule has 212 valence electrons.